The van der Waals surface area contributed by atoms with Crippen molar-refractivity contribution < 1.29 is 9.53 Å². The van der Waals surface area contributed by atoms with Gasteiger partial charge >= 0.3 is 0 Å². The highest BCUT2D eigenvalue weighted by Crippen LogP contribution is 2.30. The SMILES string of the molecule is CO[C@H]1CC[C@@H](Nc2nc(C(=O)N3CCCC3)nc3sccc23)C1. The van der Waals surface area contributed by atoms with Gasteiger partial charge < -0.3 is 15.0 Å². The van der Waals surface area contributed by atoms with Crippen LogP contribution in [-0.2, 0) is 4.74 Å². The van der Waals surface area contributed by atoms with Gasteiger partial charge in [0.25, 0.3) is 5.91 Å². The summed E-state index contributed by atoms with van der Waals surface area (Å²) in [6.07, 6.45) is 5.54. The average molecular weight is 346 g/mol. The summed E-state index contributed by atoms with van der Waals surface area (Å²) < 4.78 is 5.45. The van der Waals surface area contributed by atoms with Crippen molar-refractivity contribution in [2.45, 2.75) is 44.2 Å². The van der Waals surface area contributed by atoms with E-state index in [0.717, 1.165) is 61.2 Å². The lowest BCUT2D eigenvalue weighted by Crippen LogP contribution is -2.29. The van der Waals surface area contributed by atoms with E-state index in [1.807, 2.05) is 16.3 Å². The van der Waals surface area contributed by atoms with Gasteiger partial charge in [-0.05, 0) is 43.6 Å². The van der Waals surface area contributed by atoms with Crippen molar-refractivity contribution in [1.82, 2.24) is 14.9 Å². The molecule has 7 heteroatoms. The average Bonchev–Trinajstić information content (AvgIpc) is 3.34. The van der Waals surface area contributed by atoms with Gasteiger partial charge in [0.2, 0.25) is 5.82 Å². The van der Waals surface area contributed by atoms with Crippen molar-refractivity contribution in [2.75, 3.05) is 25.5 Å². The molecule has 1 N–H and O–H groups in total. The summed E-state index contributed by atoms with van der Waals surface area (Å²) >= 11 is 1.55. The molecule has 1 aliphatic carbocycles. The molecule has 2 aliphatic rings. The number of hydrogen-bond acceptors (Lipinski definition) is 6. The number of aromatic nitrogens is 2. The molecule has 0 aromatic carbocycles. The van der Waals surface area contributed by atoms with Gasteiger partial charge in [-0.3, -0.25) is 4.79 Å². The molecular weight excluding hydrogens is 324 g/mol. The molecule has 0 unspecified atom stereocenters. The summed E-state index contributed by atoms with van der Waals surface area (Å²) in [5.74, 6) is 1.05. The summed E-state index contributed by atoms with van der Waals surface area (Å²) in [6.45, 7) is 1.62. The third-order valence-electron chi connectivity index (χ3n) is 4.97. The maximum Gasteiger partial charge on any atom is 0.291 e. The Morgan fingerprint density at radius 3 is 2.92 bits per heavy atom. The molecule has 2 fully saturated rings. The van der Waals surface area contributed by atoms with Gasteiger partial charge in [-0.15, -0.1) is 11.3 Å². The molecule has 2 aromatic rings. The maximum absolute atomic E-state index is 12.7. The van der Waals surface area contributed by atoms with Crippen LogP contribution in [0, 0.1) is 0 Å². The minimum absolute atomic E-state index is 0.0490. The Balaban J connectivity index is 1.61. The van der Waals surface area contributed by atoms with Crippen molar-refractivity contribution in [3.63, 3.8) is 0 Å². The molecule has 3 heterocycles. The van der Waals surface area contributed by atoms with Crippen LogP contribution in [0.4, 0.5) is 5.82 Å². The third kappa shape index (κ3) is 2.98. The molecule has 1 saturated carbocycles. The number of methoxy groups -OCH3 is 1. The fraction of sp³-hybridized carbons (Fsp3) is 0.588. The van der Waals surface area contributed by atoms with E-state index < -0.39 is 0 Å². The van der Waals surface area contributed by atoms with Crippen LogP contribution in [-0.4, -0.2) is 53.1 Å². The maximum atomic E-state index is 12.7. The normalized spacial score (nSPS) is 24.0. The summed E-state index contributed by atoms with van der Waals surface area (Å²) in [4.78, 5) is 24.5. The van der Waals surface area contributed by atoms with Crippen molar-refractivity contribution in [3.8, 4) is 0 Å². The molecule has 1 saturated heterocycles. The zero-order chi connectivity index (χ0) is 16.5. The lowest BCUT2D eigenvalue weighted by Gasteiger charge is -2.17. The first-order chi connectivity index (χ1) is 11.7. The van der Waals surface area contributed by atoms with Crippen LogP contribution >= 0.6 is 11.3 Å². The zero-order valence-corrected chi connectivity index (χ0v) is 14.6. The molecule has 1 aliphatic heterocycles. The number of carbonyl (C=O) groups excluding carboxylic acids is 1. The predicted molar refractivity (Wildman–Crippen MR) is 94.6 cm³/mol. The predicted octanol–water partition coefficient (Wildman–Crippen LogP) is 2.91. The Bertz CT molecular complexity index is 741. The quantitative estimate of drug-likeness (QED) is 0.922. The number of anilines is 1. The highest BCUT2D eigenvalue weighted by atomic mass is 32.1. The Morgan fingerprint density at radius 2 is 2.17 bits per heavy atom. The molecule has 0 bridgehead atoms. The van der Waals surface area contributed by atoms with Crippen LogP contribution in [0.2, 0.25) is 0 Å². The van der Waals surface area contributed by atoms with Crippen LogP contribution in [0.1, 0.15) is 42.7 Å². The number of fused-ring (bicyclic) bond motifs is 1. The first kappa shape index (κ1) is 15.8. The Hall–Kier alpha value is -1.73. The fourth-order valence-electron chi connectivity index (χ4n) is 3.60. The molecule has 2 atom stereocenters. The first-order valence-electron chi connectivity index (χ1n) is 8.58. The molecule has 1 amide bonds. The van der Waals surface area contributed by atoms with Crippen LogP contribution in [0.5, 0.6) is 0 Å². The van der Waals surface area contributed by atoms with E-state index in [9.17, 15) is 4.79 Å². The van der Waals surface area contributed by atoms with E-state index in [2.05, 4.69) is 15.3 Å². The minimum atomic E-state index is -0.0490. The lowest BCUT2D eigenvalue weighted by molar-refractivity contribution is 0.0781. The number of likely N-dealkylation sites (tertiary alicyclic amines) is 1. The molecule has 128 valence electrons. The van der Waals surface area contributed by atoms with Crippen molar-refractivity contribution in [2.24, 2.45) is 0 Å². The van der Waals surface area contributed by atoms with Crippen LogP contribution in [0.25, 0.3) is 10.2 Å². The van der Waals surface area contributed by atoms with Gasteiger partial charge in [0, 0.05) is 26.2 Å². The second kappa shape index (κ2) is 6.64. The minimum Gasteiger partial charge on any atom is -0.381 e. The molecule has 2 aromatic heterocycles. The van der Waals surface area contributed by atoms with Crippen LogP contribution in [0.15, 0.2) is 11.4 Å². The highest BCUT2D eigenvalue weighted by Gasteiger charge is 2.27. The molecule has 0 radical (unpaired) electrons. The number of carbonyl (C=O) groups is 1. The second-order valence-electron chi connectivity index (χ2n) is 6.55. The Kier molecular flexibility index (Phi) is 4.37. The van der Waals surface area contributed by atoms with E-state index in [0.29, 0.717) is 18.0 Å². The van der Waals surface area contributed by atoms with Gasteiger partial charge in [-0.1, -0.05) is 0 Å². The lowest BCUT2D eigenvalue weighted by atomic mass is 10.2. The fourth-order valence-corrected chi connectivity index (χ4v) is 4.37. The van der Waals surface area contributed by atoms with Gasteiger partial charge in [0.15, 0.2) is 0 Å². The molecule has 24 heavy (non-hydrogen) atoms. The van der Waals surface area contributed by atoms with Crippen molar-refractivity contribution in [3.05, 3.63) is 17.3 Å². The largest absolute Gasteiger partial charge is 0.381 e. The third-order valence-corrected chi connectivity index (χ3v) is 5.77. The topological polar surface area (TPSA) is 67.3 Å². The molecule has 0 spiro atoms. The number of nitrogens with one attached hydrogen (secondary N) is 1. The van der Waals surface area contributed by atoms with E-state index in [1.165, 1.54) is 0 Å². The number of ether oxygens (including phenoxy) is 1. The first-order valence-corrected chi connectivity index (χ1v) is 9.46. The van der Waals surface area contributed by atoms with E-state index in [4.69, 9.17) is 4.74 Å². The number of rotatable bonds is 4. The monoisotopic (exact) mass is 346 g/mol. The smallest absolute Gasteiger partial charge is 0.291 e. The number of amides is 1. The van der Waals surface area contributed by atoms with Gasteiger partial charge in [0.05, 0.1) is 11.5 Å². The summed E-state index contributed by atoms with van der Waals surface area (Å²) in [5, 5.41) is 6.53. The van der Waals surface area contributed by atoms with Crippen molar-refractivity contribution in [1.29, 1.82) is 0 Å². The number of nitrogens with zero attached hydrogens (tertiary/aromatic N) is 3. The summed E-state index contributed by atoms with van der Waals surface area (Å²) in [7, 11) is 1.77. The Morgan fingerprint density at radius 1 is 1.33 bits per heavy atom. The highest BCUT2D eigenvalue weighted by molar-refractivity contribution is 7.16. The second-order valence-corrected chi connectivity index (χ2v) is 7.44. The van der Waals surface area contributed by atoms with E-state index in [-0.39, 0.29) is 5.91 Å². The van der Waals surface area contributed by atoms with E-state index in [1.54, 1.807) is 18.4 Å². The Labute approximate surface area is 145 Å². The van der Waals surface area contributed by atoms with Crippen LogP contribution < -0.4 is 5.32 Å². The number of hydrogen-bond donors (Lipinski definition) is 1. The summed E-state index contributed by atoms with van der Waals surface area (Å²) in [5.41, 5.74) is 0. The number of thiophene rings is 1. The van der Waals surface area contributed by atoms with Gasteiger partial charge in [-0.25, -0.2) is 9.97 Å². The molecule has 6 nitrogen and oxygen atoms in total. The standard InChI is InChI=1S/C17H22N4O2S/c1-23-12-5-4-11(10-12)18-14-13-6-9-24-16(13)20-15(19-14)17(22)21-7-2-3-8-21/h6,9,11-12H,2-5,7-8,10H2,1H3,(H,18,19,20)/t11-,12+/m1/s1. The van der Waals surface area contributed by atoms with Crippen LogP contribution in [0.3, 0.4) is 0 Å². The van der Waals surface area contributed by atoms with Gasteiger partial charge in [0.1, 0.15) is 10.6 Å². The van der Waals surface area contributed by atoms with Crippen molar-refractivity contribution >= 4 is 33.3 Å². The molecular formula is C17H22N4O2S. The summed E-state index contributed by atoms with van der Waals surface area (Å²) in [6, 6.07) is 2.36. The molecule has 4 rings (SSSR count). The van der Waals surface area contributed by atoms with Gasteiger partial charge in [-0.2, -0.15) is 0 Å². The van der Waals surface area contributed by atoms with E-state index >= 15 is 0 Å². The zero-order valence-electron chi connectivity index (χ0n) is 13.8.